The average molecular weight is 154 g/mol. The van der Waals surface area contributed by atoms with Gasteiger partial charge >= 0.3 is 0 Å². The van der Waals surface area contributed by atoms with Gasteiger partial charge in [0.05, 0.1) is 13.2 Å². The molecule has 0 saturated carbocycles. The van der Waals surface area contributed by atoms with Crippen molar-refractivity contribution in [2.45, 2.75) is 6.04 Å². The summed E-state index contributed by atoms with van der Waals surface area (Å²) < 4.78 is 0. The predicted molar refractivity (Wildman–Crippen MR) is 44.8 cm³/mol. The molecule has 0 aromatic carbocycles. The van der Waals surface area contributed by atoms with Gasteiger partial charge < -0.3 is 5.32 Å². The maximum atomic E-state index is 5.11. The Morgan fingerprint density at radius 2 is 2.36 bits per heavy atom. The van der Waals surface area contributed by atoms with Crippen molar-refractivity contribution >= 4 is 0 Å². The summed E-state index contributed by atoms with van der Waals surface area (Å²) in [6, 6.07) is 0.315. The van der Waals surface area contributed by atoms with Crippen molar-refractivity contribution in [1.82, 2.24) is 10.4 Å². The third kappa shape index (κ3) is 2.06. The molecule has 0 radical (unpaired) electrons. The highest BCUT2D eigenvalue weighted by molar-refractivity contribution is 5.11. The van der Waals surface area contributed by atoms with Crippen LogP contribution < -0.4 is 5.32 Å². The minimum atomic E-state index is 0.315. The summed E-state index contributed by atoms with van der Waals surface area (Å²) in [6.45, 7) is 0.898. The van der Waals surface area contributed by atoms with Gasteiger partial charge in [0.2, 0.25) is 0 Å². The molecule has 1 N–H and O–H groups in total. The molecule has 1 aliphatic rings. The van der Waals surface area contributed by atoms with E-state index in [1.54, 1.807) is 7.11 Å². The molecule has 1 atom stereocenters. The molecule has 0 bridgehead atoms. The van der Waals surface area contributed by atoms with Crippen molar-refractivity contribution < 1.29 is 4.84 Å². The van der Waals surface area contributed by atoms with Crippen LogP contribution in [0.15, 0.2) is 24.4 Å². The van der Waals surface area contributed by atoms with Crippen molar-refractivity contribution in [2.24, 2.45) is 0 Å². The van der Waals surface area contributed by atoms with Gasteiger partial charge in [-0.15, -0.1) is 0 Å². The molecule has 0 saturated heterocycles. The van der Waals surface area contributed by atoms with Crippen molar-refractivity contribution in [3.63, 3.8) is 0 Å². The molecule has 0 fully saturated rings. The van der Waals surface area contributed by atoms with E-state index in [-0.39, 0.29) is 0 Å². The number of nitrogens with zero attached hydrogens (tertiary/aromatic N) is 1. The van der Waals surface area contributed by atoms with E-state index in [1.807, 2.05) is 30.5 Å². The lowest BCUT2D eigenvalue weighted by molar-refractivity contribution is -0.107. The summed E-state index contributed by atoms with van der Waals surface area (Å²) in [5.41, 5.74) is 0. The Morgan fingerprint density at radius 1 is 1.55 bits per heavy atom. The Balaban J connectivity index is 2.48. The van der Waals surface area contributed by atoms with Crippen LogP contribution in [-0.2, 0) is 4.84 Å². The maximum Gasteiger partial charge on any atom is 0.0866 e. The number of nitrogens with one attached hydrogen (secondary N) is 1. The smallest absolute Gasteiger partial charge is 0.0866 e. The first-order chi connectivity index (χ1) is 5.38. The van der Waals surface area contributed by atoms with E-state index in [4.69, 9.17) is 4.84 Å². The number of likely N-dealkylation sites (N-methyl/N-ethyl adjacent to an activating group) is 1. The third-order valence-corrected chi connectivity index (χ3v) is 1.63. The predicted octanol–water partition coefficient (Wildman–Crippen LogP) is 0.521. The van der Waals surface area contributed by atoms with Crippen molar-refractivity contribution in [3.05, 3.63) is 24.4 Å². The van der Waals surface area contributed by atoms with Crippen LogP contribution in [0.5, 0.6) is 0 Å². The number of hydrogen-bond donors (Lipinski definition) is 1. The van der Waals surface area contributed by atoms with Crippen molar-refractivity contribution in [2.75, 3.05) is 20.7 Å². The standard InChI is InChI=1S/C8H14N2O/c1-9-7-8-5-3-4-6-10(8)11-2/h3-6,8-9H,7H2,1-2H3. The van der Waals surface area contributed by atoms with Gasteiger partial charge in [-0.05, 0) is 13.1 Å². The fourth-order valence-electron chi connectivity index (χ4n) is 1.09. The van der Waals surface area contributed by atoms with Crippen LogP contribution in [0.3, 0.4) is 0 Å². The Morgan fingerprint density at radius 3 is 3.00 bits per heavy atom. The monoisotopic (exact) mass is 154 g/mol. The minimum Gasteiger partial charge on any atom is -0.317 e. The van der Waals surface area contributed by atoms with E-state index in [0.29, 0.717) is 6.04 Å². The summed E-state index contributed by atoms with van der Waals surface area (Å²) in [4.78, 5) is 5.11. The lowest BCUT2D eigenvalue weighted by Gasteiger charge is -2.27. The molecular formula is C8H14N2O. The second-order valence-electron chi connectivity index (χ2n) is 2.39. The summed E-state index contributed by atoms with van der Waals surface area (Å²) >= 11 is 0. The van der Waals surface area contributed by atoms with Crippen molar-refractivity contribution in [3.8, 4) is 0 Å². The lowest BCUT2D eigenvalue weighted by atomic mass is 10.2. The van der Waals surface area contributed by atoms with Gasteiger partial charge in [-0.1, -0.05) is 12.2 Å². The molecule has 1 aliphatic heterocycles. The van der Waals surface area contributed by atoms with Gasteiger partial charge in [0.25, 0.3) is 0 Å². The van der Waals surface area contributed by atoms with Gasteiger partial charge in [0, 0.05) is 12.7 Å². The Labute approximate surface area is 67.3 Å². The second kappa shape index (κ2) is 4.16. The quantitative estimate of drug-likeness (QED) is 0.641. The van der Waals surface area contributed by atoms with Crippen LogP contribution in [0, 0.1) is 0 Å². The molecule has 1 heterocycles. The van der Waals surface area contributed by atoms with E-state index >= 15 is 0 Å². The molecule has 0 aromatic heterocycles. The van der Waals surface area contributed by atoms with Crippen molar-refractivity contribution in [1.29, 1.82) is 0 Å². The van der Waals surface area contributed by atoms with Crippen LogP contribution >= 0.6 is 0 Å². The van der Waals surface area contributed by atoms with Crippen LogP contribution in [0.4, 0.5) is 0 Å². The molecule has 62 valence electrons. The van der Waals surface area contributed by atoms with E-state index in [0.717, 1.165) is 6.54 Å². The first kappa shape index (κ1) is 8.30. The summed E-state index contributed by atoms with van der Waals surface area (Å²) in [5, 5.41) is 4.91. The summed E-state index contributed by atoms with van der Waals surface area (Å²) in [6.07, 6.45) is 8.00. The van der Waals surface area contributed by atoms with Crippen LogP contribution in [-0.4, -0.2) is 31.8 Å². The van der Waals surface area contributed by atoms with Gasteiger partial charge in [-0.2, -0.15) is 0 Å². The molecule has 0 amide bonds. The number of hydroxylamine groups is 2. The zero-order valence-electron chi connectivity index (χ0n) is 6.95. The maximum absolute atomic E-state index is 5.11. The Bertz CT molecular complexity index is 165. The highest BCUT2D eigenvalue weighted by Crippen LogP contribution is 2.06. The number of hydrogen-bond acceptors (Lipinski definition) is 3. The average Bonchev–Trinajstić information content (AvgIpc) is 2.06. The SMILES string of the molecule is CNCC1C=CC=CN1OC. The third-order valence-electron chi connectivity index (χ3n) is 1.63. The van der Waals surface area contributed by atoms with Crippen LogP contribution in [0.1, 0.15) is 0 Å². The normalized spacial score (nSPS) is 22.7. The highest BCUT2D eigenvalue weighted by Gasteiger charge is 2.11. The highest BCUT2D eigenvalue weighted by atomic mass is 16.7. The molecule has 1 unspecified atom stereocenters. The first-order valence-electron chi connectivity index (χ1n) is 3.70. The first-order valence-corrected chi connectivity index (χ1v) is 3.70. The van der Waals surface area contributed by atoms with Gasteiger partial charge in [0.15, 0.2) is 0 Å². The lowest BCUT2D eigenvalue weighted by Crippen LogP contribution is -2.37. The fourth-order valence-corrected chi connectivity index (χ4v) is 1.09. The van der Waals surface area contributed by atoms with E-state index in [2.05, 4.69) is 11.4 Å². The molecular weight excluding hydrogens is 140 g/mol. The van der Waals surface area contributed by atoms with Crippen LogP contribution in [0.2, 0.25) is 0 Å². The fraction of sp³-hybridized carbons (Fsp3) is 0.500. The minimum absolute atomic E-state index is 0.315. The largest absolute Gasteiger partial charge is 0.317 e. The van der Waals surface area contributed by atoms with Gasteiger partial charge in [0.1, 0.15) is 0 Å². The summed E-state index contributed by atoms with van der Waals surface area (Å²) in [7, 11) is 3.60. The molecule has 11 heavy (non-hydrogen) atoms. The Kier molecular flexibility index (Phi) is 3.14. The van der Waals surface area contributed by atoms with Gasteiger partial charge in [-0.3, -0.25) is 9.90 Å². The van der Waals surface area contributed by atoms with E-state index in [9.17, 15) is 0 Å². The second-order valence-corrected chi connectivity index (χ2v) is 2.39. The van der Waals surface area contributed by atoms with Crippen LogP contribution in [0.25, 0.3) is 0 Å². The van der Waals surface area contributed by atoms with Gasteiger partial charge in [-0.25, -0.2) is 0 Å². The number of rotatable bonds is 3. The number of allylic oxidation sites excluding steroid dienone is 2. The molecule has 1 rings (SSSR count). The molecule has 0 spiro atoms. The molecule has 0 aromatic rings. The Hall–Kier alpha value is -0.800. The molecule has 3 nitrogen and oxygen atoms in total. The zero-order chi connectivity index (χ0) is 8.10. The summed E-state index contributed by atoms with van der Waals surface area (Å²) in [5.74, 6) is 0. The van der Waals surface area contributed by atoms with E-state index < -0.39 is 0 Å². The van der Waals surface area contributed by atoms with E-state index in [1.165, 1.54) is 0 Å². The topological polar surface area (TPSA) is 24.5 Å². The zero-order valence-corrected chi connectivity index (χ0v) is 6.95. The molecule has 3 heteroatoms. The molecule has 0 aliphatic carbocycles.